The number of carbonyl (C=O) groups is 2. The summed E-state index contributed by atoms with van der Waals surface area (Å²) in [5, 5.41) is 26.7. The summed E-state index contributed by atoms with van der Waals surface area (Å²) in [6, 6.07) is -0.141. The summed E-state index contributed by atoms with van der Waals surface area (Å²) in [4.78, 5) is 55.1. The molecule has 0 radical (unpaired) electrons. The van der Waals surface area contributed by atoms with Crippen LogP contribution in [0.5, 0.6) is 0 Å². The Bertz CT molecular complexity index is 1430. The minimum absolute atomic E-state index is 0.00353. The van der Waals surface area contributed by atoms with Gasteiger partial charge in [0.05, 0.1) is 25.0 Å². The number of nitrogens with zero attached hydrogens (tertiary/aromatic N) is 4. The fourth-order valence-corrected chi connectivity index (χ4v) is 8.52. The molecule has 5 rings (SSSR count). The van der Waals surface area contributed by atoms with E-state index in [4.69, 9.17) is 10.5 Å². The van der Waals surface area contributed by atoms with Crippen molar-refractivity contribution in [2.45, 2.75) is 67.6 Å². The number of phosphoric ester groups is 2. The highest BCUT2D eigenvalue weighted by Gasteiger charge is 2.47. The average Bonchev–Trinajstić information content (AvgIpc) is 3.65. The van der Waals surface area contributed by atoms with Crippen LogP contribution in [0.1, 0.15) is 31.9 Å². The van der Waals surface area contributed by atoms with Crippen molar-refractivity contribution in [2.75, 3.05) is 18.1 Å². The molecule has 0 spiro atoms. The molecule has 2 aromatic heterocycles. The summed E-state index contributed by atoms with van der Waals surface area (Å²) in [5.41, 5.74) is 6.15. The molecule has 0 saturated carbocycles. The van der Waals surface area contributed by atoms with E-state index >= 15 is 0 Å². The van der Waals surface area contributed by atoms with E-state index in [0.29, 0.717) is 19.3 Å². The smallest absolute Gasteiger partial charge is 0.387 e. The van der Waals surface area contributed by atoms with Gasteiger partial charge in [0.2, 0.25) is 0 Å². The molecule has 3 fully saturated rings. The van der Waals surface area contributed by atoms with Crippen LogP contribution >= 0.6 is 27.4 Å². The van der Waals surface area contributed by atoms with Crippen molar-refractivity contribution < 1.29 is 56.8 Å². The Morgan fingerprint density at radius 1 is 1.17 bits per heavy atom. The first kappa shape index (κ1) is 31.1. The number of amides is 2. The van der Waals surface area contributed by atoms with Gasteiger partial charge in [0.25, 0.3) is 0 Å². The lowest BCUT2D eigenvalue weighted by molar-refractivity contribution is -0.135. The SMILES string of the molecule is Nc1ncnc2c1ncn2[C@@H]1O[C@H](COP(=O)(O)OP(=O)(O)OC(=O)CCCC[C@@H]2SC[C@@H]3NC(=O)N[C@@H]32)C(O)C1O. The summed E-state index contributed by atoms with van der Waals surface area (Å²) in [6.07, 6.45) is -2.13. The monoisotopic (exact) mass is 653 g/mol. The van der Waals surface area contributed by atoms with Crippen LogP contribution in [0.25, 0.3) is 11.2 Å². The minimum atomic E-state index is -5.37. The third-order valence-corrected chi connectivity index (χ3v) is 11.0. The number of aliphatic hydroxyl groups is 2. The van der Waals surface area contributed by atoms with Gasteiger partial charge < -0.3 is 40.7 Å². The van der Waals surface area contributed by atoms with Gasteiger partial charge in [0.1, 0.15) is 30.2 Å². The number of nitrogens with two attached hydrogens (primary N) is 1. The van der Waals surface area contributed by atoms with E-state index in [1.54, 1.807) is 11.8 Å². The molecule has 3 saturated heterocycles. The quantitative estimate of drug-likeness (QED) is 0.0866. The number of imidazole rings is 1. The van der Waals surface area contributed by atoms with Crippen LogP contribution in [0, 0.1) is 0 Å². The van der Waals surface area contributed by atoms with Crippen molar-refractivity contribution in [2.24, 2.45) is 0 Å². The number of urea groups is 1. The Balaban J connectivity index is 1.06. The number of carbonyl (C=O) groups excluding carboxylic acids is 2. The Hall–Kier alpha value is -2.38. The Kier molecular flexibility index (Phi) is 9.11. The van der Waals surface area contributed by atoms with Crippen molar-refractivity contribution in [3.63, 3.8) is 0 Å². The van der Waals surface area contributed by atoms with Crippen molar-refractivity contribution in [3.05, 3.63) is 12.7 Å². The average molecular weight is 654 g/mol. The third-order valence-electron chi connectivity index (χ3n) is 6.88. The second kappa shape index (κ2) is 12.3. The first-order valence-electron chi connectivity index (χ1n) is 12.7. The number of thioether (sulfide) groups is 1. The number of nitrogens with one attached hydrogen (secondary N) is 2. The third kappa shape index (κ3) is 6.88. The number of nitrogen functional groups attached to an aromatic ring is 1. The maximum absolute atomic E-state index is 12.3. The van der Waals surface area contributed by atoms with Gasteiger partial charge in [-0.1, -0.05) is 6.42 Å². The first-order chi connectivity index (χ1) is 19.8. The molecule has 2 aromatic rings. The highest BCUT2D eigenvalue weighted by Crippen LogP contribution is 2.60. The number of hydrogen-bond acceptors (Lipinski definition) is 15. The fraction of sp³-hybridized carbons (Fsp3) is 0.650. The lowest BCUT2D eigenvalue weighted by Gasteiger charge is -2.19. The largest absolute Gasteiger partial charge is 0.538 e. The molecular formula is C20H29N7O12P2S. The normalized spacial score (nSPS) is 31.7. The van der Waals surface area contributed by atoms with Gasteiger partial charge in [-0.2, -0.15) is 16.1 Å². The predicted molar refractivity (Wildman–Crippen MR) is 142 cm³/mol. The summed E-state index contributed by atoms with van der Waals surface area (Å²) in [6.45, 7) is -0.864. The number of anilines is 1. The molecule has 22 heteroatoms. The summed E-state index contributed by atoms with van der Waals surface area (Å²) in [5.74, 6) is -0.283. The molecule has 42 heavy (non-hydrogen) atoms. The standard InChI is InChI=1S/C20H29N7O12P2S/c21-17-14-18(23-7-22-17)27(8-24-14)19-16(30)15(29)10(37-19)5-36-40(32,33)39-41(34,35)38-12(28)4-2-1-3-11-13-9(6-42-11)25-20(31)26-13/h7-11,13,15-16,19,29-30H,1-6H2,(H,32,33)(H,34,35)(H2,21,22,23)(H2,25,26,31)/t9-,10+,11-,13-,15?,16?,19+/m0/s1. The number of unbranched alkanes of at least 4 members (excludes halogenated alkanes) is 1. The van der Waals surface area contributed by atoms with Gasteiger partial charge in [0, 0.05) is 17.4 Å². The lowest BCUT2D eigenvalue weighted by Crippen LogP contribution is -2.36. The van der Waals surface area contributed by atoms with E-state index in [-0.39, 0.29) is 46.8 Å². The Morgan fingerprint density at radius 2 is 1.95 bits per heavy atom. The van der Waals surface area contributed by atoms with Gasteiger partial charge in [-0.05, 0) is 12.8 Å². The molecule has 232 valence electrons. The summed E-state index contributed by atoms with van der Waals surface area (Å²) >= 11 is 1.70. The molecule has 3 aliphatic heterocycles. The topological polar surface area (TPSA) is 280 Å². The van der Waals surface area contributed by atoms with Crippen molar-refractivity contribution in [3.8, 4) is 0 Å². The maximum Gasteiger partial charge on any atom is 0.538 e. The second-order valence-electron chi connectivity index (χ2n) is 9.77. The minimum Gasteiger partial charge on any atom is -0.387 e. The van der Waals surface area contributed by atoms with Gasteiger partial charge in [-0.25, -0.2) is 28.9 Å². The van der Waals surface area contributed by atoms with Crippen LogP contribution < -0.4 is 16.4 Å². The van der Waals surface area contributed by atoms with Crippen LogP contribution in [0.2, 0.25) is 0 Å². The molecule has 0 bridgehead atoms. The number of hydrogen-bond donors (Lipinski definition) is 7. The predicted octanol–water partition coefficient (Wildman–Crippen LogP) is -0.469. The molecule has 0 aliphatic carbocycles. The van der Waals surface area contributed by atoms with Gasteiger partial charge in [-0.15, -0.1) is 0 Å². The van der Waals surface area contributed by atoms with Crippen molar-refractivity contribution in [1.29, 1.82) is 0 Å². The summed E-state index contributed by atoms with van der Waals surface area (Å²) in [7, 11) is -10.7. The van der Waals surface area contributed by atoms with Crippen LogP contribution in [-0.2, 0) is 32.0 Å². The van der Waals surface area contributed by atoms with Crippen molar-refractivity contribution in [1.82, 2.24) is 30.2 Å². The van der Waals surface area contributed by atoms with Gasteiger partial charge >= 0.3 is 27.6 Å². The van der Waals surface area contributed by atoms with Crippen LogP contribution in [0.15, 0.2) is 12.7 Å². The molecule has 2 amide bonds. The molecule has 19 nitrogen and oxygen atoms in total. The molecule has 9 atom stereocenters. The molecule has 4 unspecified atom stereocenters. The number of phosphoric acid groups is 2. The molecule has 3 aliphatic rings. The zero-order chi connectivity index (χ0) is 30.2. The highest BCUT2D eigenvalue weighted by atomic mass is 32.2. The number of aromatic nitrogens is 4. The zero-order valence-electron chi connectivity index (χ0n) is 21.7. The van der Waals surface area contributed by atoms with Crippen LogP contribution in [-0.4, -0.2) is 99.5 Å². The number of rotatable bonds is 12. The van der Waals surface area contributed by atoms with Crippen LogP contribution in [0.3, 0.4) is 0 Å². The number of aliphatic hydroxyl groups excluding tert-OH is 2. The Labute approximate surface area is 241 Å². The van der Waals surface area contributed by atoms with Gasteiger partial charge in [0.15, 0.2) is 17.7 Å². The molecule has 0 aromatic carbocycles. The van der Waals surface area contributed by atoms with Gasteiger partial charge in [-0.3, -0.25) is 18.8 Å². The maximum atomic E-state index is 12.3. The Morgan fingerprint density at radius 3 is 2.74 bits per heavy atom. The first-order valence-corrected chi connectivity index (χ1v) is 16.7. The number of fused-ring (bicyclic) bond motifs is 2. The van der Waals surface area contributed by atoms with E-state index < -0.39 is 52.8 Å². The molecular weight excluding hydrogens is 624 g/mol. The lowest BCUT2D eigenvalue weighted by atomic mass is 10.0. The molecule has 8 N–H and O–H groups in total. The summed E-state index contributed by atoms with van der Waals surface area (Å²) < 4.78 is 44.6. The van der Waals surface area contributed by atoms with Crippen LogP contribution in [0.4, 0.5) is 10.6 Å². The van der Waals surface area contributed by atoms with E-state index in [2.05, 4.69) is 38.9 Å². The van der Waals surface area contributed by atoms with E-state index in [1.165, 1.54) is 10.9 Å². The highest BCUT2D eigenvalue weighted by molar-refractivity contribution is 8.00. The zero-order valence-corrected chi connectivity index (χ0v) is 24.3. The fourth-order valence-electron chi connectivity index (χ4n) is 4.92. The number of ether oxygens (including phenoxy) is 1. The van der Waals surface area contributed by atoms with E-state index in [9.17, 15) is 38.7 Å². The molecule has 5 heterocycles. The van der Waals surface area contributed by atoms with E-state index in [1.807, 2.05) is 0 Å². The van der Waals surface area contributed by atoms with Crippen molar-refractivity contribution >= 4 is 56.4 Å². The van der Waals surface area contributed by atoms with E-state index in [0.717, 1.165) is 12.1 Å². The second-order valence-corrected chi connectivity index (χ2v) is 14.0.